The van der Waals surface area contributed by atoms with Crippen LogP contribution in [0.2, 0.25) is 0 Å². The van der Waals surface area contributed by atoms with Crippen molar-refractivity contribution >= 4 is 30.2 Å². The van der Waals surface area contributed by atoms with Crippen molar-refractivity contribution < 1.29 is 19.0 Å². The van der Waals surface area contributed by atoms with E-state index < -0.39 is 6.17 Å². The van der Waals surface area contributed by atoms with Crippen molar-refractivity contribution in [1.82, 2.24) is 24.6 Å². The number of benzene rings is 1. The number of rotatable bonds is 5. The van der Waals surface area contributed by atoms with Crippen LogP contribution < -0.4 is 4.90 Å². The molecule has 0 bridgehead atoms. The molecule has 3 aliphatic heterocycles. The minimum atomic E-state index is -0.921. The number of nitrogens with zero attached hydrogens (tertiary/aromatic N) is 6. The molecule has 0 radical (unpaired) electrons. The van der Waals surface area contributed by atoms with Crippen LogP contribution in [-0.2, 0) is 9.47 Å². The van der Waals surface area contributed by atoms with Gasteiger partial charge >= 0.3 is 0 Å². The molecular weight excluding hydrogens is 507 g/mol. The van der Waals surface area contributed by atoms with Gasteiger partial charge in [0.25, 0.3) is 0 Å². The van der Waals surface area contributed by atoms with Crippen molar-refractivity contribution in [1.29, 1.82) is 0 Å². The topological polar surface area (TPSA) is 88.8 Å². The maximum atomic E-state index is 15.6. The molecule has 6 rings (SSSR count). The third-order valence-corrected chi connectivity index (χ3v) is 8.04. The van der Waals surface area contributed by atoms with Crippen LogP contribution in [0.4, 0.5) is 10.2 Å². The molecule has 1 aromatic carbocycles. The first-order valence-electron chi connectivity index (χ1n) is 13.3. The number of piperidine rings is 1. The lowest BCUT2D eigenvalue weighted by Gasteiger charge is -2.38. The highest BCUT2D eigenvalue weighted by Crippen LogP contribution is 2.36. The van der Waals surface area contributed by atoms with Crippen LogP contribution in [0, 0.1) is 13.8 Å². The lowest BCUT2D eigenvalue weighted by Crippen LogP contribution is -2.46. The first kappa shape index (κ1) is 27.3. The Bertz CT molecular complexity index is 1270. The molecule has 0 amide bonds. The number of anilines is 1. The van der Waals surface area contributed by atoms with Crippen LogP contribution in [0.3, 0.4) is 0 Å². The van der Waals surface area contributed by atoms with E-state index in [1.165, 1.54) is 0 Å². The van der Waals surface area contributed by atoms with E-state index in [-0.39, 0.29) is 32.1 Å². The van der Waals surface area contributed by atoms with Crippen LogP contribution >= 0.6 is 13.5 Å². The van der Waals surface area contributed by atoms with Gasteiger partial charge in [0.15, 0.2) is 5.82 Å². The summed E-state index contributed by atoms with van der Waals surface area (Å²) in [7, 11) is 0. The number of likely N-dealkylation sites (tertiary alicyclic amines) is 1. The minimum absolute atomic E-state index is 0. The molecule has 3 aromatic rings. The minimum Gasteiger partial charge on any atom is -0.394 e. The van der Waals surface area contributed by atoms with Gasteiger partial charge in [-0.2, -0.15) is 18.6 Å². The molecule has 9 nitrogen and oxygen atoms in total. The Labute approximate surface area is 229 Å². The fraction of sp³-hybridized carbons (Fsp3) is 0.593. The molecule has 3 fully saturated rings. The zero-order chi connectivity index (χ0) is 25.5. The van der Waals surface area contributed by atoms with Crippen LogP contribution in [0.15, 0.2) is 24.4 Å². The summed E-state index contributed by atoms with van der Waals surface area (Å²) < 4.78 is 28.5. The molecule has 4 atom stereocenters. The number of hydrogen-bond donors (Lipinski definition) is 1. The monoisotopic (exact) mass is 544 g/mol. The highest BCUT2D eigenvalue weighted by Gasteiger charge is 2.35. The molecular formula is C27H37FN6O3S. The van der Waals surface area contributed by atoms with E-state index in [0.717, 1.165) is 53.8 Å². The quantitative estimate of drug-likeness (QED) is 0.525. The molecule has 0 saturated carbocycles. The van der Waals surface area contributed by atoms with Crippen molar-refractivity contribution in [3.05, 3.63) is 41.3 Å². The number of aliphatic hydroxyl groups is 1. The number of morpholine rings is 1. The van der Waals surface area contributed by atoms with E-state index in [1.807, 2.05) is 23.9 Å². The Hall–Kier alpha value is -2.31. The van der Waals surface area contributed by atoms with E-state index in [2.05, 4.69) is 43.9 Å². The van der Waals surface area contributed by atoms with Gasteiger partial charge < -0.3 is 19.5 Å². The largest absolute Gasteiger partial charge is 0.394 e. The molecule has 206 valence electrons. The number of aliphatic hydroxyl groups excluding tert-OH is 1. The standard InChI is InChI=1S/C27H35FN6O3.H2S/c1-17-9-19-12-29-34(27-11-26(30-18(2)31-27)33-6-8-37-21(13-33)15-35)25(19)10-23(17)22-3-5-32(14-24(22)28)20-4-7-36-16-20;/h9-12,20-22,24,35H,3-8,13-16H2,1-2H3;1H2/t20?,21-,22?,24?;/m0./s1. The summed E-state index contributed by atoms with van der Waals surface area (Å²) in [6.45, 7) is 8.55. The van der Waals surface area contributed by atoms with Gasteiger partial charge in [-0.3, -0.25) is 4.90 Å². The fourth-order valence-electron chi connectivity index (χ4n) is 6.05. The van der Waals surface area contributed by atoms with Crippen LogP contribution in [0.1, 0.15) is 35.7 Å². The van der Waals surface area contributed by atoms with Gasteiger partial charge in [0.1, 0.15) is 17.8 Å². The third-order valence-electron chi connectivity index (χ3n) is 8.04. The van der Waals surface area contributed by atoms with Crippen molar-refractivity contribution in [2.45, 2.75) is 50.9 Å². The summed E-state index contributed by atoms with van der Waals surface area (Å²) in [6.07, 6.45) is 2.47. The first-order valence-corrected chi connectivity index (χ1v) is 13.3. The lowest BCUT2D eigenvalue weighted by atomic mass is 9.84. The first-order chi connectivity index (χ1) is 18.0. The number of ether oxygens (including phenoxy) is 2. The van der Waals surface area contributed by atoms with Gasteiger partial charge in [-0.05, 0) is 56.5 Å². The maximum absolute atomic E-state index is 15.6. The summed E-state index contributed by atoms with van der Waals surface area (Å²) in [5.74, 6) is 1.96. The maximum Gasteiger partial charge on any atom is 0.159 e. The summed E-state index contributed by atoms with van der Waals surface area (Å²) in [5, 5.41) is 15.2. The van der Waals surface area contributed by atoms with E-state index in [1.54, 1.807) is 0 Å². The van der Waals surface area contributed by atoms with Gasteiger partial charge in [-0.15, -0.1) is 0 Å². The number of fused-ring (bicyclic) bond motifs is 1. The number of aryl methyl sites for hydroxylation is 2. The smallest absolute Gasteiger partial charge is 0.159 e. The zero-order valence-corrected chi connectivity index (χ0v) is 23.0. The predicted molar refractivity (Wildman–Crippen MR) is 149 cm³/mol. The van der Waals surface area contributed by atoms with Gasteiger partial charge in [0.2, 0.25) is 0 Å². The van der Waals surface area contributed by atoms with E-state index in [9.17, 15) is 5.11 Å². The SMILES string of the molecule is Cc1nc(N2CCO[C@H](CO)C2)cc(-n2ncc3cc(C)c(C4CCN(C5CCOC5)CC4F)cc32)n1.S. The molecule has 3 saturated heterocycles. The van der Waals surface area contributed by atoms with E-state index >= 15 is 4.39 Å². The van der Waals surface area contributed by atoms with Crippen molar-refractivity contribution in [3.63, 3.8) is 0 Å². The molecule has 1 N–H and O–H groups in total. The van der Waals surface area contributed by atoms with Crippen molar-refractivity contribution in [3.8, 4) is 5.82 Å². The highest BCUT2D eigenvalue weighted by atomic mass is 32.1. The highest BCUT2D eigenvalue weighted by molar-refractivity contribution is 7.59. The summed E-state index contributed by atoms with van der Waals surface area (Å²) in [6, 6.07) is 6.50. The third kappa shape index (κ3) is 5.27. The Morgan fingerprint density at radius 3 is 2.66 bits per heavy atom. The van der Waals surface area contributed by atoms with Crippen LogP contribution in [0.25, 0.3) is 16.7 Å². The zero-order valence-electron chi connectivity index (χ0n) is 22.0. The van der Waals surface area contributed by atoms with Gasteiger partial charge in [-0.25, -0.2) is 19.0 Å². The Morgan fingerprint density at radius 2 is 1.89 bits per heavy atom. The molecule has 3 aliphatic rings. The number of alkyl halides is 1. The Morgan fingerprint density at radius 1 is 1.05 bits per heavy atom. The molecule has 2 aromatic heterocycles. The van der Waals surface area contributed by atoms with Gasteiger partial charge in [-0.1, -0.05) is 0 Å². The van der Waals surface area contributed by atoms with Gasteiger partial charge in [0.05, 0.1) is 37.6 Å². The molecule has 11 heteroatoms. The predicted octanol–water partition coefficient (Wildman–Crippen LogP) is 2.66. The molecule has 0 aliphatic carbocycles. The van der Waals surface area contributed by atoms with Crippen LogP contribution in [-0.4, -0.2) is 101 Å². The van der Waals surface area contributed by atoms with Crippen LogP contribution in [0.5, 0.6) is 0 Å². The van der Waals surface area contributed by atoms with E-state index in [0.29, 0.717) is 50.5 Å². The summed E-state index contributed by atoms with van der Waals surface area (Å²) in [5.41, 5.74) is 3.06. The number of aromatic nitrogens is 4. The molecule has 0 spiro atoms. The average molecular weight is 545 g/mol. The fourth-order valence-corrected chi connectivity index (χ4v) is 6.05. The number of hydrogen-bond acceptors (Lipinski definition) is 8. The normalized spacial score (nSPS) is 26.6. The average Bonchev–Trinajstić information content (AvgIpc) is 3.58. The second-order valence-electron chi connectivity index (χ2n) is 10.5. The molecule has 5 heterocycles. The van der Waals surface area contributed by atoms with Crippen molar-refractivity contribution in [2.24, 2.45) is 0 Å². The second-order valence-corrected chi connectivity index (χ2v) is 10.5. The van der Waals surface area contributed by atoms with Gasteiger partial charge in [0, 0.05) is 49.7 Å². The van der Waals surface area contributed by atoms with Crippen molar-refractivity contribution in [2.75, 3.05) is 57.5 Å². The summed E-state index contributed by atoms with van der Waals surface area (Å²) >= 11 is 0. The second kappa shape index (κ2) is 11.4. The summed E-state index contributed by atoms with van der Waals surface area (Å²) in [4.78, 5) is 13.7. The Balaban J connectivity index is 0.00000294. The Kier molecular flexibility index (Phi) is 8.20. The number of halogens is 1. The van der Waals surface area contributed by atoms with E-state index in [4.69, 9.17) is 9.47 Å². The lowest BCUT2D eigenvalue weighted by molar-refractivity contribution is 0.00335. The molecule has 3 unspecified atom stereocenters. The molecule has 38 heavy (non-hydrogen) atoms.